The van der Waals surface area contributed by atoms with E-state index < -0.39 is 11.4 Å². The Labute approximate surface area is 114 Å². The highest BCUT2D eigenvalue weighted by atomic mass is 127. The van der Waals surface area contributed by atoms with Crippen LogP contribution in [-0.2, 0) is 4.79 Å². The molecule has 92 valence electrons. The molecule has 0 atom stereocenters. The van der Waals surface area contributed by atoms with Crippen molar-refractivity contribution in [2.75, 3.05) is 0 Å². The second kappa shape index (κ2) is 5.48. The maximum Gasteiger partial charge on any atom is 0.251 e. The monoisotopic (exact) mass is 346 g/mol. The van der Waals surface area contributed by atoms with E-state index in [1.165, 1.54) is 0 Å². The summed E-state index contributed by atoms with van der Waals surface area (Å²) in [5.74, 6) is -0.632. The minimum Gasteiger partial charge on any atom is -0.370 e. The molecular weight excluding hydrogens is 331 g/mol. The summed E-state index contributed by atoms with van der Waals surface area (Å²) in [6.07, 6.45) is 0.114. The van der Waals surface area contributed by atoms with Gasteiger partial charge in [0, 0.05) is 21.1 Å². The van der Waals surface area contributed by atoms with Gasteiger partial charge in [-0.25, -0.2) is 0 Å². The van der Waals surface area contributed by atoms with Crippen molar-refractivity contribution in [1.82, 2.24) is 5.32 Å². The van der Waals surface area contributed by atoms with Crippen LogP contribution in [0.4, 0.5) is 0 Å². The van der Waals surface area contributed by atoms with Gasteiger partial charge in [0.05, 0.1) is 0 Å². The van der Waals surface area contributed by atoms with E-state index in [2.05, 4.69) is 27.9 Å². The molecule has 1 aromatic carbocycles. The van der Waals surface area contributed by atoms with Crippen LogP contribution < -0.4 is 11.1 Å². The fourth-order valence-corrected chi connectivity index (χ4v) is 2.03. The maximum absolute atomic E-state index is 11.9. The fraction of sp³-hybridized carbons (Fsp3) is 0.333. The van der Waals surface area contributed by atoms with Crippen LogP contribution in [0.1, 0.15) is 30.6 Å². The van der Waals surface area contributed by atoms with Crippen LogP contribution >= 0.6 is 22.6 Å². The minimum absolute atomic E-state index is 0.114. The van der Waals surface area contributed by atoms with Gasteiger partial charge in [0.15, 0.2) is 0 Å². The molecule has 1 rings (SSSR count). The van der Waals surface area contributed by atoms with Crippen LogP contribution in [0, 0.1) is 3.57 Å². The zero-order chi connectivity index (χ0) is 13.1. The Hall–Kier alpha value is -1.11. The van der Waals surface area contributed by atoms with E-state index >= 15 is 0 Å². The third kappa shape index (κ3) is 4.72. The highest BCUT2D eigenvalue weighted by Gasteiger charge is 2.23. The number of carbonyl (C=O) groups excluding carboxylic acids is 2. The summed E-state index contributed by atoms with van der Waals surface area (Å²) in [7, 11) is 0. The number of amides is 2. The molecule has 3 N–H and O–H groups in total. The number of hydrogen-bond donors (Lipinski definition) is 2. The standard InChI is InChI=1S/C12H15IN2O2/c1-12(2,7-10(14)16)15-11(17)8-4-3-5-9(13)6-8/h3-6H,7H2,1-2H3,(H2,14,16)(H,15,17). The van der Waals surface area contributed by atoms with Gasteiger partial charge in [0.1, 0.15) is 0 Å². The molecule has 4 nitrogen and oxygen atoms in total. The molecule has 0 saturated heterocycles. The summed E-state index contributed by atoms with van der Waals surface area (Å²) in [5, 5.41) is 2.79. The summed E-state index contributed by atoms with van der Waals surface area (Å²) >= 11 is 2.14. The first-order valence-corrected chi connectivity index (χ1v) is 6.24. The number of rotatable bonds is 4. The first-order chi connectivity index (χ1) is 7.80. The normalized spacial score (nSPS) is 11.0. The van der Waals surface area contributed by atoms with Crippen molar-refractivity contribution in [2.45, 2.75) is 25.8 Å². The number of benzene rings is 1. The second-order valence-electron chi connectivity index (χ2n) is 4.49. The van der Waals surface area contributed by atoms with Gasteiger partial charge in [0.2, 0.25) is 5.91 Å². The van der Waals surface area contributed by atoms with Gasteiger partial charge in [-0.2, -0.15) is 0 Å². The van der Waals surface area contributed by atoms with Crippen LogP contribution in [0.3, 0.4) is 0 Å². The fourth-order valence-electron chi connectivity index (χ4n) is 1.49. The molecule has 0 saturated carbocycles. The molecule has 17 heavy (non-hydrogen) atoms. The van der Waals surface area contributed by atoms with Gasteiger partial charge in [-0.05, 0) is 54.6 Å². The van der Waals surface area contributed by atoms with Gasteiger partial charge in [-0.15, -0.1) is 0 Å². The average molecular weight is 346 g/mol. The molecule has 0 aliphatic carbocycles. The van der Waals surface area contributed by atoms with Crippen molar-refractivity contribution in [2.24, 2.45) is 5.73 Å². The molecule has 0 radical (unpaired) electrons. The highest BCUT2D eigenvalue weighted by molar-refractivity contribution is 14.1. The molecule has 0 spiro atoms. The van der Waals surface area contributed by atoms with E-state index in [0.29, 0.717) is 5.56 Å². The molecule has 1 aromatic rings. The predicted octanol–water partition coefficient (Wildman–Crippen LogP) is 1.68. The van der Waals surface area contributed by atoms with Crippen molar-refractivity contribution in [1.29, 1.82) is 0 Å². The van der Waals surface area contributed by atoms with Crippen LogP contribution in [0.5, 0.6) is 0 Å². The van der Waals surface area contributed by atoms with Crippen LogP contribution in [0.25, 0.3) is 0 Å². The molecule has 0 aliphatic rings. The quantitative estimate of drug-likeness (QED) is 0.815. The summed E-state index contributed by atoms with van der Waals surface area (Å²) in [4.78, 5) is 22.8. The molecule has 5 heteroatoms. The molecule has 0 aliphatic heterocycles. The van der Waals surface area contributed by atoms with Crippen molar-refractivity contribution >= 4 is 34.4 Å². The van der Waals surface area contributed by atoms with Crippen LogP contribution in [0.2, 0.25) is 0 Å². The molecule has 0 unspecified atom stereocenters. The summed E-state index contributed by atoms with van der Waals surface area (Å²) < 4.78 is 0.989. The zero-order valence-corrected chi connectivity index (χ0v) is 11.9. The minimum atomic E-state index is -0.635. The van der Waals surface area contributed by atoms with Crippen molar-refractivity contribution in [3.63, 3.8) is 0 Å². The van der Waals surface area contributed by atoms with Gasteiger partial charge >= 0.3 is 0 Å². The van der Waals surface area contributed by atoms with E-state index in [1.54, 1.807) is 26.0 Å². The Morgan fingerprint density at radius 2 is 2.06 bits per heavy atom. The Morgan fingerprint density at radius 1 is 1.41 bits per heavy atom. The first kappa shape index (κ1) is 14.0. The first-order valence-electron chi connectivity index (χ1n) is 5.16. The average Bonchev–Trinajstić information content (AvgIpc) is 2.14. The lowest BCUT2D eigenvalue weighted by atomic mass is 9.99. The number of halogens is 1. The summed E-state index contributed by atoms with van der Waals surface area (Å²) in [6, 6.07) is 7.25. The molecule has 0 heterocycles. The van der Waals surface area contributed by atoms with E-state index in [9.17, 15) is 9.59 Å². The van der Waals surface area contributed by atoms with E-state index in [0.717, 1.165) is 3.57 Å². The SMILES string of the molecule is CC(C)(CC(N)=O)NC(=O)c1cccc(I)c1. The van der Waals surface area contributed by atoms with Crippen LogP contribution in [-0.4, -0.2) is 17.4 Å². The van der Waals surface area contributed by atoms with Gasteiger partial charge in [-0.1, -0.05) is 6.07 Å². The molecular formula is C12H15IN2O2. The number of carbonyl (C=O) groups is 2. The number of hydrogen-bond acceptors (Lipinski definition) is 2. The van der Waals surface area contributed by atoms with Gasteiger partial charge in [-0.3, -0.25) is 9.59 Å². The third-order valence-electron chi connectivity index (χ3n) is 2.15. The number of nitrogens with two attached hydrogens (primary N) is 1. The predicted molar refractivity (Wildman–Crippen MR) is 74.5 cm³/mol. The lowest BCUT2D eigenvalue weighted by molar-refractivity contribution is -0.119. The van der Waals surface area contributed by atoms with Gasteiger partial charge < -0.3 is 11.1 Å². The zero-order valence-electron chi connectivity index (χ0n) is 9.79. The second-order valence-corrected chi connectivity index (χ2v) is 5.74. The van der Waals surface area contributed by atoms with E-state index in [-0.39, 0.29) is 12.3 Å². The molecule has 2 amide bonds. The Balaban J connectivity index is 2.75. The lowest BCUT2D eigenvalue weighted by Gasteiger charge is -2.24. The topological polar surface area (TPSA) is 72.2 Å². The maximum atomic E-state index is 11.9. The summed E-state index contributed by atoms with van der Waals surface area (Å²) in [5.41, 5.74) is 5.07. The smallest absolute Gasteiger partial charge is 0.251 e. The largest absolute Gasteiger partial charge is 0.370 e. The molecule has 0 aromatic heterocycles. The molecule has 0 bridgehead atoms. The Kier molecular flexibility index (Phi) is 4.50. The van der Waals surface area contributed by atoms with E-state index in [4.69, 9.17) is 5.73 Å². The Bertz CT molecular complexity index is 444. The number of nitrogens with one attached hydrogen (secondary N) is 1. The highest BCUT2D eigenvalue weighted by Crippen LogP contribution is 2.12. The van der Waals surface area contributed by atoms with Gasteiger partial charge in [0.25, 0.3) is 5.91 Å². The lowest BCUT2D eigenvalue weighted by Crippen LogP contribution is -2.46. The Morgan fingerprint density at radius 3 is 2.59 bits per heavy atom. The third-order valence-corrected chi connectivity index (χ3v) is 2.83. The van der Waals surface area contributed by atoms with Crippen molar-refractivity contribution < 1.29 is 9.59 Å². The number of primary amides is 1. The molecule has 0 fully saturated rings. The van der Waals surface area contributed by atoms with Crippen molar-refractivity contribution in [3.8, 4) is 0 Å². The van der Waals surface area contributed by atoms with E-state index in [1.807, 2.05) is 12.1 Å². The summed E-state index contributed by atoms with van der Waals surface area (Å²) in [6.45, 7) is 3.53. The van der Waals surface area contributed by atoms with Crippen molar-refractivity contribution in [3.05, 3.63) is 33.4 Å². The van der Waals surface area contributed by atoms with Crippen LogP contribution in [0.15, 0.2) is 24.3 Å².